The first-order valence-electron chi connectivity index (χ1n) is 5.59. The predicted molar refractivity (Wildman–Crippen MR) is 74.3 cm³/mol. The van der Waals surface area contributed by atoms with Gasteiger partial charge in [-0.05, 0) is 5.04 Å². The van der Waals surface area contributed by atoms with Crippen molar-refractivity contribution in [2.45, 2.75) is 64.3 Å². The molecule has 15 heavy (non-hydrogen) atoms. The largest absolute Gasteiger partial charge is 0.384 e. The Morgan fingerprint density at radius 2 is 1.40 bits per heavy atom. The van der Waals surface area contributed by atoms with Gasteiger partial charge >= 0.3 is 0 Å². The molecule has 0 rings (SSSR count). The zero-order valence-electron chi connectivity index (χ0n) is 11.5. The number of rotatable bonds is 1. The Labute approximate surface area is 97.3 Å². The molecule has 0 aliphatic carbocycles. The Morgan fingerprint density at radius 3 is 1.67 bits per heavy atom. The summed E-state index contributed by atoms with van der Waals surface area (Å²) < 4.78 is 0. The molecule has 0 bridgehead atoms. The van der Waals surface area contributed by atoms with E-state index in [9.17, 15) is 5.11 Å². The average molecular weight is 243 g/mol. The van der Waals surface area contributed by atoms with Crippen LogP contribution in [0.4, 0.5) is 0 Å². The molecule has 0 heterocycles. The minimum absolute atomic E-state index is 0.195. The van der Waals surface area contributed by atoms with Crippen molar-refractivity contribution in [2.24, 2.45) is 0 Å². The van der Waals surface area contributed by atoms with Crippen LogP contribution in [0.1, 0.15) is 20.8 Å². The molecule has 0 aromatic rings. The van der Waals surface area contributed by atoms with Gasteiger partial charge in [-0.2, -0.15) is 0 Å². The van der Waals surface area contributed by atoms with Gasteiger partial charge in [0.05, 0.1) is 0 Å². The molecule has 0 aromatic heterocycles. The van der Waals surface area contributed by atoms with Gasteiger partial charge in [0.25, 0.3) is 0 Å². The summed E-state index contributed by atoms with van der Waals surface area (Å²) in [5.41, 5.74) is 2.87. The van der Waals surface area contributed by atoms with Crippen LogP contribution in [-0.2, 0) is 0 Å². The van der Waals surface area contributed by atoms with E-state index in [-0.39, 0.29) is 5.04 Å². The van der Waals surface area contributed by atoms with Crippen molar-refractivity contribution >= 4 is 16.1 Å². The maximum atomic E-state index is 10.2. The summed E-state index contributed by atoms with van der Waals surface area (Å²) in [6.07, 6.45) is 0. The van der Waals surface area contributed by atoms with E-state index in [1.165, 1.54) is 0 Å². The summed E-state index contributed by atoms with van der Waals surface area (Å²) in [6.45, 7) is 17.7. The van der Waals surface area contributed by atoms with E-state index in [1.807, 2.05) is 0 Å². The molecule has 0 amide bonds. The van der Waals surface area contributed by atoms with E-state index in [4.69, 9.17) is 0 Å². The molecule has 1 N–H and O–H groups in total. The maximum Gasteiger partial charge on any atom is 0.129 e. The summed E-state index contributed by atoms with van der Waals surface area (Å²) in [6, 6.07) is 0. The second kappa shape index (κ2) is 4.44. The van der Waals surface area contributed by atoms with Gasteiger partial charge in [-0.3, -0.25) is 0 Å². The second-order valence-corrected chi connectivity index (χ2v) is 17.1. The summed E-state index contributed by atoms with van der Waals surface area (Å²) in [7, 11) is -3.06. The second-order valence-electron chi connectivity index (χ2n) is 6.89. The Kier molecular flexibility index (Phi) is 4.43. The molecule has 0 spiro atoms. The molecule has 88 valence electrons. The first kappa shape index (κ1) is 15.0. The topological polar surface area (TPSA) is 20.2 Å². The van der Waals surface area contributed by atoms with Crippen LogP contribution in [0.15, 0.2) is 0 Å². The average Bonchev–Trinajstić information content (AvgIpc) is 1.96. The van der Waals surface area contributed by atoms with Crippen LogP contribution < -0.4 is 0 Å². The van der Waals surface area contributed by atoms with Gasteiger partial charge in [-0.15, -0.1) is 5.54 Å². The number of hydrogen-bond acceptors (Lipinski definition) is 1. The lowest BCUT2D eigenvalue weighted by Crippen LogP contribution is -2.48. The predicted octanol–water partition coefficient (Wildman–Crippen LogP) is 3.28. The maximum absolute atomic E-state index is 10.2. The van der Waals surface area contributed by atoms with Gasteiger partial charge in [0.15, 0.2) is 0 Å². The monoisotopic (exact) mass is 242 g/mol. The van der Waals surface area contributed by atoms with Gasteiger partial charge < -0.3 is 5.11 Å². The third kappa shape index (κ3) is 4.54. The lowest BCUT2D eigenvalue weighted by Gasteiger charge is -2.38. The summed E-state index contributed by atoms with van der Waals surface area (Å²) in [5, 5.41) is 10.4. The zero-order valence-corrected chi connectivity index (χ0v) is 13.5. The van der Waals surface area contributed by atoms with Crippen LogP contribution in [0.5, 0.6) is 0 Å². The zero-order chi connectivity index (χ0) is 12.5. The lowest BCUT2D eigenvalue weighted by atomic mass is 10.2. The Hall–Kier alpha value is -0.0462. The number of hydrogen-bond donors (Lipinski definition) is 1. The van der Waals surface area contributed by atoms with Crippen LogP contribution in [0.3, 0.4) is 0 Å². The quantitative estimate of drug-likeness (QED) is 0.553. The number of aliphatic hydroxyl groups is 1. The molecule has 1 atom stereocenters. The van der Waals surface area contributed by atoms with Crippen molar-refractivity contribution in [1.82, 2.24) is 0 Å². The molecule has 0 saturated carbocycles. The Balaban J connectivity index is 4.86. The van der Waals surface area contributed by atoms with Crippen LogP contribution in [-0.4, -0.2) is 27.0 Å². The van der Waals surface area contributed by atoms with Crippen molar-refractivity contribution in [3.05, 3.63) is 0 Å². The third-order valence-corrected chi connectivity index (χ3v) is 9.47. The molecule has 0 saturated heterocycles. The molecule has 0 aromatic carbocycles. The minimum atomic E-state index is -1.70. The van der Waals surface area contributed by atoms with Crippen LogP contribution >= 0.6 is 0 Å². The van der Waals surface area contributed by atoms with Crippen LogP contribution in [0.2, 0.25) is 37.8 Å². The molecule has 0 aliphatic heterocycles. The smallest absolute Gasteiger partial charge is 0.129 e. The lowest BCUT2D eigenvalue weighted by molar-refractivity contribution is 0.292. The standard InChI is InChI=1S/C12H26OSi2/c1-12(2,3)15(7,8)11(13)9-10-14(4,5)6/h11,13H,1-8H3/t11-/m0/s1. The summed E-state index contributed by atoms with van der Waals surface area (Å²) in [5.74, 6) is 3.10. The number of aliphatic hydroxyl groups excluding tert-OH is 1. The normalized spacial score (nSPS) is 15.5. The van der Waals surface area contributed by atoms with Crippen molar-refractivity contribution < 1.29 is 5.11 Å². The molecule has 3 heteroatoms. The summed E-state index contributed by atoms with van der Waals surface area (Å²) >= 11 is 0. The fourth-order valence-electron chi connectivity index (χ4n) is 0.875. The van der Waals surface area contributed by atoms with Crippen molar-refractivity contribution in [3.8, 4) is 11.5 Å². The highest BCUT2D eigenvalue weighted by atomic mass is 28.3. The fraction of sp³-hybridized carbons (Fsp3) is 0.833. The van der Waals surface area contributed by atoms with Gasteiger partial charge in [0.2, 0.25) is 0 Å². The first-order valence-corrected chi connectivity index (χ1v) is 12.2. The van der Waals surface area contributed by atoms with E-state index in [0.29, 0.717) is 0 Å². The van der Waals surface area contributed by atoms with Crippen molar-refractivity contribution in [3.63, 3.8) is 0 Å². The first-order chi connectivity index (χ1) is 6.38. The molecule has 0 unspecified atom stereocenters. The highest BCUT2D eigenvalue weighted by Gasteiger charge is 2.41. The highest BCUT2D eigenvalue weighted by Crippen LogP contribution is 2.37. The molecule has 0 fully saturated rings. The molecule has 1 nitrogen and oxygen atoms in total. The SMILES string of the molecule is CC(C)(C)[Si](C)(C)[C@H](O)C#C[Si](C)(C)C. The van der Waals surface area contributed by atoms with Crippen LogP contribution in [0.25, 0.3) is 0 Å². The van der Waals surface area contributed by atoms with Crippen LogP contribution in [0, 0.1) is 11.5 Å². The molecule has 0 radical (unpaired) electrons. The van der Waals surface area contributed by atoms with E-state index in [2.05, 4.69) is 65.0 Å². The van der Waals surface area contributed by atoms with E-state index in [0.717, 1.165) is 0 Å². The van der Waals surface area contributed by atoms with Gasteiger partial charge in [-0.25, -0.2) is 0 Å². The highest BCUT2D eigenvalue weighted by molar-refractivity contribution is 6.85. The van der Waals surface area contributed by atoms with Gasteiger partial charge in [0, 0.05) is 0 Å². The van der Waals surface area contributed by atoms with E-state index >= 15 is 0 Å². The Morgan fingerprint density at radius 1 is 1.00 bits per heavy atom. The van der Waals surface area contributed by atoms with E-state index < -0.39 is 21.9 Å². The molecule has 0 aliphatic rings. The van der Waals surface area contributed by atoms with Crippen molar-refractivity contribution in [1.29, 1.82) is 0 Å². The molecular formula is C12H26OSi2. The minimum Gasteiger partial charge on any atom is -0.384 e. The molecular weight excluding hydrogens is 216 g/mol. The van der Waals surface area contributed by atoms with Gasteiger partial charge in [0.1, 0.15) is 21.9 Å². The van der Waals surface area contributed by atoms with Crippen molar-refractivity contribution in [2.75, 3.05) is 0 Å². The third-order valence-electron chi connectivity index (χ3n) is 3.20. The van der Waals surface area contributed by atoms with E-state index in [1.54, 1.807) is 0 Å². The Bertz CT molecular complexity index is 271. The fourth-order valence-corrected chi connectivity index (χ4v) is 2.84. The summed E-state index contributed by atoms with van der Waals surface area (Å²) in [4.78, 5) is 0. The van der Waals surface area contributed by atoms with Gasteiger partial charge in [-0.1, -0.05) is 59.4 Å².